The quantitative estimate of drug-likeness (QED) is 0.682. The standard InChI is InChI=1S/C18H22BCl2NO2/c1-17(2,9-18(3,4)19)10-24-8-11-5-6-12-13(20)7-14(21)16(23)15(12)22-11/h5-7,23H,8-10H2,1-4H3. The Labute approximate surface area is 154 Å². The highest BCUT2D eigenvalue weighted by molar-refractivity contribution is 6.39. The van der Waals surface area contributed by atoms with Gasteiger partial charge in [0.2, 0.25) is 0 Å². The summed E-state index contributed by atoms with van der Waals surface area (Å²) in [6.45, 7) is 9.18. The minimum Gasteiger partial charge on any atom is -0.504 e. The summed E-state index contributed by atoms with van der Waals surface area (Å²) in [5.41, 5.74) is 1.05. The van der Waals surface area contributed by atoms with Gasteiger partial charge in [-0.3, -0.25) is 0 Å². The van der Waals surface area contributed by atoms with E-state index in [1.54, 1.807) is 0 Å². The Bertz CT molecular complexity index is 742. The van der Waals surface area contributed by atoms with Crippen LogP contribution in [0.5, 0.6) is 5.75 Å². The first-order valence-electron chi connectivity index (χ1n) is 7.82. The number of phenols is 1. The summed E-state index contributed by atoms with van der Waals surface area (Å²) in [7, 11) is 6.09. The van der Waals surface area contributed by atoms with Crippen LogP contribution in [-0.2, 0) is 11.3 Å². The predicted molar refractivity (Wildman–Crippen MR) is 101 cm³/mol. The summed E-state index contributed by atoms with van der Waals surface area (Å²) in [5, 5.41) is 11.1. The van der Waals surface area contributed by atoms with E-state index in [-0.39, 0.29) is 21.5 Å². The highest BCUT2D eigenvalue weighted by Gasteiger charge is 2.25. The molecule has 128 valence electrons. The highest BCUT2D eigenvalue weighted by atomic mass is 35.5. The van der Waals surface area contributed by atoms with Gasteiger partial charge in [0.05, 0.1) is 36.8 Å². The van der Waals surface area contributed by atoms with Gasteiger partial charge in [-0.2, -0.15) is 0 Å². The van der Waals surface area contributed by atoms with Gasteiger partial charge >= 0.3 is 0 Å². The first-order chi connectivity index (χ1) is 11.0. The molecule has 24 heavy (non-hydrogen) atoms. The van der Waals surface area contributed by atoms with Crippen molar-refractivity contribution in [1.82, 2.24) is 4.98 Å². The Kier molecular flexibility index (Phi) is 5.73. The zero-order valence-corrected chi connectivity index (χ0v) is 16.0. The Hall–Kier alpha value is -0.965. The Morgan fingerprint density at radius 2 is 1.83 bits per heavy atom. The minimum absolute atomic E-state index is 0.0378. The van der Waals surface area contributed by atoms with Gasteiger partial charge in [0.15, 0.2) is 5.75 Å². The van der Waals surface area contributed by atoms with E-state index in [4.69, 9.17) is 35.8 Å². The first-order valence-corrected chi connectivity index (χ1v) is 8.57. The molecule has 0 unspecified atom stereocenters. The lowest BCUT2D eigenvalue weighted by atomic mass is 9.64. The van der Waals surface area contributed by atoms with Crippen molar-refractivity contribution < 1.29 is 9.84 Å². The monoisotopic (exact) mass is 365 g/mol. The third-order valence-electron chi connectivity index (χ3n) is 3.59. The Morgan fingerprint density at radius 3 is 2.46 bits per heavy atom. The molecule has 0 atom stereocenters. The Morgan fingerprint density at radius 1 is 1.17 bits per heavy atom. The number of halogens is 2. The lowest BCUT2D eigenvalue weighted by molar-refractivity contribution is 0.0410. The van der Waals surface area contributed by atoms with Crippen molar-refractivity contribution in [1.29, 1.82) is 0 Å². The van der Waals surface area contributed by atoms with E-state index in [9.17, 15) is 5.11 Å². The number of pyridine rings is 1. The molecule has 6 heteroatoms. The molecule has 2 radical (unpaired) electrons. The van der Waals surface area contributed by atoms with E-state index < -0.39 is 0 Å². The van der Waals surface area contributed by atoms with Crippen molar-refractivity contribution in [2.75, 3.05) is 6.61 Å². The summed E-state index contributed by atoms with van der Waals surface area (Å²) in [6, 6.07) is 5.16. The fourth-order valence-electron chi connectivity index (χ4n) is 3.04. The molecule has 0 spiro atoms. The molecular weight excluding hydrogens is 344 g/mol. The van der Waals surface area contributed by atoms with Gasteiger partial charge in [-0.05, 0) is 30.0 Å². The van der Waals surface area contributed by atoms with Gasteiger partial charge < -0.3 is 9.84 Å². The second-order valence-corrected chi connectivity index (χ2v) is 8.52. The zero-order chi connectivity index (χ0) is 18.1. The summed E-state index contributed by atoms with van der Waals surface area (Å²) in [6.07, 6.45) is 0.844. The number of phenolic OH excluding ortho intramolecular Hbond substituents is 1. The van der Waals surface area contributed by atoms with Crippen molar-refractivity contribution in [2.24, 2.45) is 5.41 Å². The van der Waals surface area contributed by atoms with E-state index >= 15 is 0 Å². The van der Waals surface area contributed by atoms with E-state index in [1.165, 1.54) is 6.07 Å². The summed E-state index contributed by atoms with van der Waals surface area (Å²) < 4.78 is 5.81. The highest BCUT2D eigenvalue weighted by Crippen LogP contribution is 2.37. The fraction of sp³-hybridized carbons (Fsp3) is 0.500. The summed E-state index contributed by atoms with van der Waals surface area (Å²) in [5.74, 6) is -0.0665. The average Bonchev–Trinajstić information content (AvgIpc) is 2.42. The molecule has 1 aromatic carbocycles. The van der Waals surface area contributed by atoms with Crippen LogP contribution in [0.4, 0.5) is 0 Å². The van der Waals surface area contributed by atoms with Gasteiger partial charge in [0.25, 0.3) is 0 Å². The maximum Gasteiger partial charge on any atom is 0.160 e. The molecule has 0 fully saturated rings. The molecule has 0 amide bonds. The number of nitrogens with zero attached hydrogens (tertiary/aromatic N) is 1. The van der Waals surface area contributed by atoms with Crippen molar-refractivity contribution in [3.63, 3.8) is 0 Å². The third kappa shape index (κ3) is 5.01. The number of hydrogen-bond donors (Lipinski definition) is 1. The van der Waals surface area contributed by atoms with Crippen molar-refractivity contribution in [3.8, 4) is 5.75 Å². The van der Waals surface area contributed by atoms with Gasteiger partial charge in [-0.25, -0.2) is 4.98 Å². The molecule has 3 nitrogen and oxygen atoms in total. The number of fused-ring (bicyclic) bond motifs is 1. The van der Waals surface area contributed by atoms with E-state index in [0.717, 1.165) is 6.42 Å². The van der Waals surface area contributed by atoms with Crippen molar-refractivity contribution in [2.45, 2.75) is 46.0 Å². The minimum atomic E-state index is -0.243. The molecule has 0 saturated heterocycles. The molecule has 0 aliphatic rings. The maximum atomic E-state index is 10.1. The van der Waals surface area contributed by atoms with E-state index in [2.05, 4.69) is 18.8 Å². The molecule has 0 aliphatic carbocycles. The molecule has 2 rings (SSSR count). The van der Waals surface area contributed by atoms with Crippen molar-refractivity contribution >= 4 is 42.0 Å². The molecule has 1 N–H and O–H groups in total. The SMILES string of the molecule is [B]C(C)(C)CC(C)(C)COCc1ccc2c(Cl)cc(Cl)c(O)c2n1. The number of aromatic hydroxyl groups is 1. The number of aromatic nitrogens is 1. The number of hydrogen-bond acceptors (Lipinski definition) is 3. The normalized spacial score (nSPS) is 12.8. The Balaban J connectivity index is 2.10. The van der Waals surface area contributed by atoms with Gasteiger partial charge in [-0.15, -0.1) is 0 Å². The summed E-state index contributed by atoms with van der Waals surface area (Å²) >= 11 is 12.1. The molecule has 1 aromatic heterocycles. The molecule has 0 bridgehead atoms. The molecule has 0 aliphatic heterocycles. The third-order valence-corrected chi connectivity index (χ3v) is 4.19. The largest absolute Gasteiger partial charge is 0.504 e. The number of rotatable bonds is 6. The molecule has 0 saturated carbocycles. The molecule has 1 heterocycles. The van der Waals surface area contributed by atoms with Gasteiger partial charge in [-0.1, -0.05) is 56.2 Å². The topological polar surface area (TPSA) is 42.4 Å². The first kappa shape index (κ1) is 19.4. The number of benzene rings is 1. The van der Waals surface area contributed by atoms with Crippen LogP contribution in [-0.4, -0.2) is 24.5 Å². The van der Waals surface area contributed by atoms with Crippen LogP contribution >= 0.6 is 23.2 Å². The lowest BCUT2D eigenvalue weighted by Crippen LogP contribution is -2.24. The van der Waals surface area contributed by atoms with Crippen LogP contribution in [0.3, 0.4) is 0 Å². The van der Waals surface area contributed by atoms with Crippen LogP contribution < -0.4 is 0 Å². The molecular formula is C18H22BCl2NO2. The van der Waals surface area contributed by atoms with Crippen LogP contribution in [0.25, 0.3) is 10.9 Å². The van der Waals surface area contributed by atoms with Gasteiger partial charge in [0, 0.05) is 5.39 Å². The van der Waals surface area contributed by atoms with Crippen LogP contribution in [0, 0.1) is 5.41 Å². The zero-order valence-electron chi connectivity index (χ0n) is 14.5. The van der Waals surface area contributed by atoms with E-state index in [0.29, 0.717) is 34.8 Å². The van der Waals surface area contributed by atoms with Crippen LogP contribution in [0.2, 0.25) is 15.4 Å². The maximum absolute atomic E-state index is 10.1. The summed E-state index contributed by atoms with van der Waals surface area (Å²) in [4.78, 5) is 4.42. The van der Waals surface area contributed by atoms with Crippen LogP contribution in [0.15, 0.2) is 18.2 Å². The smallest absolute Gasteiger partial charge is 0.160 e. The average molecular weight is 366 g/mol. The fourth-order valence-corrected chi connectivity index (χ4v) is 3.56. The van der Waals surface area contributed by atoms with Crippen LogP contribution in [0.1, 0.15) is 39.8 Å². The second kappa shape index (κ2) is 7.11. The van der Waals surface area contributed by atoms with E-state index in [1.807, 2.05) is 26.0 Å². The van der Waals surface area contributed by atoms with Gasteiger partial charge in [0.1, 0.15) is 5.52 Å². The lowest BCUT2D eigenvalue weighted by Gasteiger charge is -2.32. The van der Waals surface area contributed by atoms with Crippen molar-refractivity contribution in [3.05, 3.63) is 33.9 Å². The predicted octanol–water partition coefficient (Wildman–Crippen LogP) is 5.55. The molecule has 2 aromatic rings. The number of ether oxygens (including phenoxy) is 1. The second-order valence-electron chi connectivity index (χ2n) is 7.71.